The van der Waals surface area contributed by atoms with E-state index in [9.17, 15) is 0 Å². The molecule has 3 nitrogen and oxygen atoms in total. The second-order valence-corrected chi connectivity index (χ2v) is 7.76. The van der Waals surface area contributed by atoms with E-state index >= 15 is 0 Å². The van der Waals surface area contributed by atoms with Crippen LogP contribution in [0.1, 0.15) is 17.2 Å². The molecule has 0 bridgehead atoms. The third-order valence-electron chi connectivity index (χ3n) is 5.04. The molecule has 3 heterocycles. The van der Waals surface area contributed by atoms with E-state index < -0.39 is 0 Å². The quantitative estimate of drug-likeness (QED) is 0.787. The summed E-state index contributed by atoms with van der Waals surface area (Å²) in [4.78, 5) is 7.49. The first kappa shape index (κ1) is 15.9. The number of amidine groups is 1. The van der Waals surface area contributed by atoms with Crippen LogP contribution in [0.4, 0.5) is 0 Å². The number of fused-ring (bicyclic) bond motifs is 1. The normalized spacial score (nSPS) is 23.7. The molecule has 5 rings (SSSR count). The first-order chi connectivity index (χ1) is 12.9. The third kappa shape index (κ3) is 2.79. The van der Waals surface area contributed by atoms with Crippen molar-refractivity contribution in [3.63, 3.8) is 0 Å². The van der Waals surface area contributed by atoms with Gasteiger partial charge in [-0.25, -0.2) is 4.99 Å². The molecular formula is C22H20N2OS. The van der Waals surface area contributed by atoms with Crippen LogP contribution in [-0.4, -0.2) is 35.6 Å². The monoisotopic (exact) mass is 360 g/mol. The molecule has 1 fully saturated rings. The minimum absolute atomic E-state index is 0.230. The molecule has 1 atom stereocenters. The Balaban J connectivity index is 1.64. The Morgan fingerprint density at radius 2 is 1.77 bits per heavy atom. The predicted molar refractivity (Wildman–Crippen MR) is 108 cm³/mol. The van der Waals surface area contributed by atoms with E-state index in [1.165, 1.54) is 22.3 Å². The Morgan fingerprint density at radius 1 is 1.00 bits per heavy atom. The average molecular weight is 360 g/mol. The molecule has 4 heteroatoms. The minimum atomic E-state index is 0.230. The standard InChI is InChI=1S/C22H20N2OS/c1-3-7-16(8-4-1)13-18-14-25-15-19-20(18)23-22-24(11-12-26-22)21(19)17-9-5-2-6-10-17/h1-10,13,21H,11-12,14-15H2. The maximum absolute atomic E-state index is 6.00. The van der Waals surface area contributed by atoms with E-state index in [2.05, 4.69) is 65.6 Å². The van der Waals surface area contributed by atoms with Gasteiger partial charge in [-0.05, 0) is 17.2 Å². The third-order valence-corrected chi connectivity index (χ3v) is 6.01. The number of thioether (sulfide) groups is 1. The van der Waals surface area contributed by atoms with Gasteiger partial charge in [-0.15, -0.1) is 0 Å². The van der Waals surface area contributed by atoms with Crippen LogP contribution < -0.4 is 0 Å². The summed E-state index contributed by atoms with van der Waals surface area (Å²) >= 11 is 1.86. The molecule has 1 unspecified atom stereocenters. The van der Waals surface area contributed by atoms with Gasteiger partial charge in [0.25, 0.3) is 0 Å². The second kappa shape index (κ2) is 6.78. The number of benzene rings is 2. The SMILES string of the molecule is C(=C1COCC2=C1N=C1SCCN1C2c1ccccc1)c1ccccc1. The molecule has 0 saturated carbocycles. The summed E-state index contributed by atoms with van der Waals surface area (Å²) in [6, 6.07) is 21.4. The van der Waals surface area contributed by atoms with Crippen molar-refractivity contribution >= 4 is 23.0 Å². The van der Waals surface area contributed by atoms with Crippen LogP contribution in [0.25, 0.3) is 6.08 Å². The van der Waals surface area contributed by atoms with Crippen molar-refractivity contribution in [2.75, 3.05) is 25.5 Å². The smallest absolute Gasteiger partial charge is 0.165 e. The first-order valence-corrected chi connectivity index (χ1v) is 9.98. The zero-order valence-electron chi connectivity index (χ0n) is 14.5. The Bertz CT molecular complexity index is 902. The van der Waals surface area contributed by atoms with Gasteiger partial charge in [0.05, 0.1) is 25.0 Å². The van der Waals surface area contributed by atoms with Gasteiger partial charge in [0.1, 0.15) is 0 Å². The summed E-state index contributed by atoms with van der Waals surface area (Å²) in [5.74, 6) is 1.10. The highest BCUT2D eigenvalue weighted by Crippen LogP contribution is 2.43. The van der Waals surface area contributed by atoms with Gasteiger partial charge >= 0.3 is 0 Å². The molecule has 2 aromatic carbocycles. The molecule has 0 aliphatic carbocycles. The van der Waals surface area contributed by atoms with Crippen LogP contribution in [0, 0.1) is 0 Å². The number of hydrogen-bond donors (Lipinski definition) is 0. The Morgan fingerprint density at radius 3 is 2.58 bits per heavy atom. The van der Waals surface area contributed by atoms with E-state index in [4.69, 9.17) is 9.73 Å². The molecular weight excluding hydrogens is 340 g/mol. The summed E-state index contributed by atoms with van der Waals surface area (Å²) in [5.41, 5.74) is 6.11. The zero-order valence-corrected chi connectivity index (χ0v) is 15.3. The van der Waals surface area contributed by atoms with Crippen LogP contribution in [0.5, 0.6) is 0 Å². The lowest BCUT2D eigenvalue weighted by Gasteiger charge is -2.38. The van der Waals surface area contributed by atoms with Gasteiger partial charge in [-0.1, -0.05) is 72.4 Å². The van der Waals surface area contributed by atoms with Crippen molar-refractivity contribution < 1.29 is 4.74 Å². The van der Waals surface area contributed by atoms with Gasteiger partial charge in [-0.3, -0.25) is 0 Å². The lowest BCUT2D eigenvalue weighted by molar-refractivity contribution is 0.157. The summed E-state index contributed by atoms with van der Waals surface area (Å²) in [5, 5.41) is 1.15. The van der Waals surface area contributed by atoms with E-state index in [0.29, 0.717) is 13.2 Å². The molecule has 0 amide bonds. The highest BCUT2D eigenvalue weighted by molar-refractivity contribution is 8.14. The Hall–Kier alpha value is -2.30. The van der Waals surface area contributed by atoms with Gasteiger partial charge in [-0.2, -0.15) is 0 Å². The van der Waals surface area contributed by atoms with E-state index in [0.717, 1.165) is 23.2 Å². The molecule has 0 N–H and O–H groups in total. The van der Waals surface area contributed by atoms with Gasteiger partial charge < -0.3 is 9.64 Å². The van der Waals surface area contributed by atoms with Crippen molar-refractivity contribution in [1.82, 2.24) is 4.90 Å². The molecule has 1 saturated heterocycles. The zero-order chi connectivity index (χ0) is 17.3. The number of hydrogen-bond acceptors (Lipinski definition) is 4. The van der Waals surface area contributed by atoms with Crippen molar-refractivity contribution in [2.24, 2.45) is 4.99 Å². The molecule has 0 aromatic heterocycles. The van der Waals surface area contributed by atoms with Crippen LogP contribution in [-0.2, 0) is 4.74 Å². The highest BCUT2D eigenvalue weighted by atomic mass is 32.2. The van der Waals surface area contributed by atoms with E-state index in [1.807, 2.05) is 17.8 Å². The second-order valence-electron chi connectivity index (χ2n) is 6.70. The Kier molecular flexibility index (Phi) is 4.15. The summed E-state index contributed by atoms with van der Waals surface area (Å²) in [6.07, 6.45) is 2.22. The predicted octanol–water partition coefficient (Wildman–Crippen LogP) is 4.51. The van der Waals surface area contributed by atoms with Crippen molar-refractivity contribution in [2.45, 2.75) is 6.04 Å². The average Bonchev–Trinajstić information content (AvgIpc) is 3.16. The van der Waals surface area contributed by atoms with Gasteiger partial charge in [0.2, 0.25) is 0 Å². The van der Waals surface area contributed by atoms with Gasteiger partial charge in [0.15, 0.2) is 5.17 Å². The van der Waals surface area contributed by atoms with E-state index in [1.54, 1.807) is 0 Å². The molecule has 2 aromatic rings. The molecule has 0 radical (unpaired) electrons. The number of rotatable bonds is 2. The minimum Gasteiger partial charge on any atom is -0.372 e. The number of ether oxygens (including phenoxy) is 1. The lowest BCUT2D eigenvalue weighted by Crippen LogP contribution is -2.37. The fourth-order valence-corrected chi connectivity index (χ4v) is 4.87. The first-order valence-electron chi connectivity index (χ1n) is 9.00. The lowest BCUT2D eigenvalue weighted by atomic mass is 9.91. The van der Waals surface area contributed by atoms with Crippen molar-refractivity contribution in [3.8, 4) is 0 Å². The maximum Gasteiger partial charge on any atom is 0.165 e. The van der Waals surface area contributed by atoms with E-state index in [-0.39, 0.29) is 6.04 Å². The molecule has 130 valence electrons. The fourth-order valence-electron chi connectivity index (χ4n) is 3.88. The largest absolute Gasteiger partial charge is 0.372 e. The Labute approximate surface area is 158 Å². The van der Waals surface area contributed by atoms with Crippen LogP contribution in [0.2, 0.25) is 0 Å². The topological polar surface area (TPSA) is 24.8 Å². The summed E-state index contributed by atoms with van der Waals surface area (Å²) < 4.78 is 6.00. The maximum atomic E-state index is 6.00. The molecule has 3 aliphatic heterocycles. The van der Waals surface area contributed by atoms with Gasteiger partial charge in [0, 0.05) is 23.4 Å². The summed E-state index contributed by atoms with van der Waals surface area (Å²) in [6.45, 7) is 2.31. The molecule has 0 spiro atoms. The van der Waals surface area contributed by atoms with Crippen molar-refractivity contribution in [3.05, 3.63) is 88.6 Å². The fraction of sp³-hybridized carbons (Fsp3) is 0.227. The highest BCUT2D eigenvalue weighted by Gasteiger charge is 2.38. The van der Waals surface area contributed by atoms with Crippen LogP contribution in [0.15, 0.2) is 82.5 Å². The molecule has 3 aliphatic rings. The van der Waals surface area contributed by atoms with Crippen LogP contribution in [0.3, 0.4) is 0 Å². The summed E-state index contributed by atoms with van der Waals surface area (Å²) in [7, 11) is 0. The number of nitrogens with zero attached hydrogens (tertiary/aromatic N) is 2. The number of aliphatic imine (C=N–C) groups is 1. The molecule has 26 heavy (non-hydrogen) atoms. The van der Waals surface area contributed by atoms with Crippen molar-refractivity contribution in [1.29, 1.82) is 0 Å². The van der Waals surface area contributed by atoms with Crippen LogP contribution >= 0.6 is 11.8 Å².